The van der Waals surface area contributed by atoms with Gasteiger partial charge in [-0.1, -0.05) is 36.4 Å². The van der Waals surface area contributed by atoms with Crippen molar-refractivity contribution in [3.05, 3.63) is 83.4 Å². The lowest BCUT2D eigenvalue weighted by atomic mass is 10.0. The lowest BCUT2D eigenvalue weighted by molar-refractivity contribution is -0.129. The lowest BCUT2D eigenvalue weighted by Gasteiger charge is -2.34. The molecule has 1 saturated heterocycles. The van der Waals surface area contributed by atoms with Crippen molar-refractivity contribution in [3.8, 4) is 0 Å². The molecule has 3 heterocycles. The molecule has 6 nitrogen and oxygen atoms in total. The predicted molar refractivity (Wildman–Crippen MR) is 123 cm³/mol. The summed E-state index contributed by atoms with van der Waals surface area (Å²) in [6.07, 6.45) is 6.42. The first-order valence-corrected chi connectivity index (χ1v) is 10.7. The SMILES string of the molecule is Cc1cccc(Nc2cc(C)nc([C@H]3CCCCN3C(=O)/C=C/c3ccccc3)n2)n1. The second kappa shape index (κ2) is 9.51. The van der Waals surface area contributed by atoms with Gasteiger partial charge in [0.2, 0.25) is 5.91 Å². The summed E-state index contributed by atoms with van der Waals surface area (Å²) in [6, 6.07) is 17.5. The van der Waals surface area contributed by atoms with Crippen LogP contribution in [0.1, 0.15) is 48.1 Å². The van der Waals surface area contributed by atoms with Crippen molar-refractivity contribution in [2.45, 2.75) is 39.2 Å². The summed E-state index contributed by atoms with van der Waals surface area (Å²) in [4.78, 5) is 28.8. The van der Waals surface area contributed by atoms with Gasteiger partial charge in [-0.2, -0.15) is 0 Å². The van der Waals surface area contributed by atoms with Gasteiger partial charge in [0.05, 0.1) is 6.04 Å². The van der Waals surface area contributed by atoms with E-state index >= 15 is 0 Å². The smallest absolute Gasteiger partial charge is 0.247 e. The van der Waals surface area contributed by atoms with Gasteiger partial charge in [0, 0.05) is 30.1 Å². The summed E-state index contributed by atoms with van der Waals surface area (Å²) in [5, 5.41) is 3.28. The Balaban J connectivity index is 1.56. The molecule has 2 aromatic heterocycles. The molecule has 1 amide bonds. The van der Waals surface area contributed by atoms with Crippen molar-refractivity contribution in [1.29, 1.82) is 0 Å². The first-order chi connectivity index (χ1) is 15.1. The summed E-state index contributed by atoms with van der Waals surface area (Å²) in [6.45, 7) is 4.61. The number of nitrogens with zero attached hydrogens (tertiary/aromatic N) is 4. The highest BCUT2D eigenvalue weighted by Crippen LogP contribution is 2.30. The Kier molecular flexibility index (Phi) is 6.36. The number of piperidine rings is 1. The molecular formula is C25H27N5O. The zero-order valence-corrected chi connectivity index (χ0v) is 18.0. The van der Waals surface area contributed by atoms with E-state index in [1.54, 1.807) is 6.08 Å². The summed E-state index contributed by atoms with van der Waals surface area (Å²) < 4.78 is 0. The van der Waals surface area contributed by atoms with Crippen LogP contribution in [0.15, 0.2) is 60.7 Å². The molecule has 1 fully saturated rings. The van der Waals surface area contributed by atoms with Crippen molar-refractivity contribution >= 4 is 23.6 Å². The monoisotopic (exact) mass is 413 g/mol. The van der Waals surface area contributed by atoms with E-state index in [1.807, 2.05) is 79.4 Å². The summed E-state index contributed by atoms with van der Waals surface area (Å²) in [7, 11) is 0. The van der Waals surface area contributed by atoms with Crippen LogP contribution in [-0.4, -0.2) is 32.3 Å². The van der Waals surface area contributed by atoms with Crippen molar-refractivity contribution in [3.63, 3.8) is 0 Å². The van der Waals surface area contributed by atoms with Crippen LogP contribution in [0.25, 0.3) is 6.08 Å². The average molecular weight is 414 g/mol. The molecular weight excluding hydrogens is 386 g/mol. The molecule has 0 bridgehead atoms. The molecule has 4 rings (SSSR count). The van der Waals surface area contributed by atoms with Gasteiger partial charge in [-0.25, -0.2) is 15.0 Å². The zero-order valence-electron chi connectivity index (χ0n) is 18.0. The quantitative estimate of drug-likeness (QED) is 0.596. The van der Waals surface area contributed by atoms with Crippen LogP contribution in [-0.2, 0) is 4.79 Å². The fourth-order valence-corrected chi connectivity index (χ4v) is 3.84. The minimum atomic E-state index is -0.132. The highest BCUT2D eigenvalue weighted by Gasteiger charge is 2.29. The summed E-state index contributed by atoms with van der Waals surface area (Å²) in [5.41, 5.74) is 2.80. The number of hydrogen-bond donors (Lipinski definition) is 1. The van der Waals surface area contributed by atoms with Gasteiger partial charge in [0.25, 0.3) is 0 Å². The lowest BCUT2D eigenvalue weighted by Crippen LogP contribution is -2.38. The maximum absolute atomic E-state index is 13.0. The third-order valence-corrected chi connectivity index (χ3v) is 5.32. The average Bonchev–Trinajstić information content (AvgIpc) is 2.78. The molecule has 0 saturated carbocycles. The normalized spacial score (nSPS) is 16.5. The number of likely N-dealkylation sites (tertiary alicyclic amines) is 1. The van der Waals surface area contributed by atoms with E-state index in [-0.39, 0.29) is 11.9 Å². The van der Waals surface area contributed by atoms with Crippen molar-refractivity contribution in [2.75, 3.05) is 11.9 Å². The Morgan fingerprint density at radius 2 is 1.81 bits per heavy atom. The standard InChI is InChI=1S/C25H27N5O/c1-18-9-8-13-22(26-18)28-23-17-19(2)27-25(29-23)21-12-6-7-16-30(21)24(31)15-14-20-10-4-3-5-11-20/h3-5,8-11,13-15,17,21H,6-7,12,16H2,1-2H3,(H,26,27,28,29)/b15-14+/t21-/m1/s1. The van der Waals surface area contributed by atoms with Gasteiger partial charge in [-0.3, -0.25) is 4.79 Å². The van der Waals surface area contributed by atoms with Crippen LogP contribution in [0.5, 0.6) is 0 Å². The summed E-state index contributed by atoms with van der Waals surface area (Å²) >= 11 is 0. The molecule has 1 N–H and O–H groups in total. The van der Waals surface area contributed by atoms with E-state index in [0.717, 1.165) is 42.0 Å². The number of anilines is 2. The number of carbonyl (C=O) groups excluding carboxylic acids is 1. The Labute approximate surface area is 183 Å². The highest BCUT2D eigenvalue weighted by atomic mass is 16.2. The maximum Gasteiger partial charge on any atom is 0.247 e. The molecule has 1 atom stereocenters. The Morgan fingerprint density at radius 1 is 0.968 bits per heavy atom. The van der Waals surface area contributed by atoms with Crippen LogP contribution < -0.4 is 5.32 Å². The fraction of sp³-hybridized carbons (Fsp3) is 0.280. The Morgan fingerprint density at radius 3 is 2.61 bits per heavy atom. The third kappa shape index (κ3) is 5.34. The van der Waals surface area contributed by atoms with Crippen molar-refractivity contribution in [1.82, 2.24) is 19.9 Å². The number of hydrogen-bond acceptors (Lipinski definition) is 5. The van der Waals surface area contributed by atoms with Crippen molar-refractivity contribution in [2.24, 2.45) is 0 Å². The van der Waals surface area contributed by atoms with Crippen LogP contribution >= 0.6 is 0 Å². The fourth-order valence-electron chi connectivity index (χ4n) is 3.84. The Bertz CT molecular complexity index is 1080. The number of amides is 1. The van der Waals surface area contributed by atoms with Crippen LogP contribution in [0.4, 0.5) is 11.6 Å². The molecule has 31 heavy (non-hydrogen) atoms. The number of nitrogens with one attached hydrogen (secondary N) is 1. The number of aromatic nitrogens is 3. The molecule has 6 heteroatoms. The van der Waals surface area contributed by atoms with Gasteiger partial charge in [0.15, 0.2) is 5.82 Å². The van der Waals surface area contributed by atoms with E-state index in [2.05, 4.69) is 15.3 Å². The molecule has 1 aliphatic heterocycles. The van der Waals surface area contributed by atoms with Gasteiger partial charge < -0.3 is 10.2 Å². The molecule has 0 radical (unpaired) electrons. The number of aryl methyl sites for hydroxylation is 2. The molecule has 0 unspecified atom stereocenters. The Hall–Kier alpha value is -3.54. The first-order valence-electron chi connectivity index (χ1n) is 10.7. The van der Waals surface area contributed by atoms with Gasteiger partial charge in [-0.15, -0.1) is 0 Å². The van der Waals surface area contributed by atoms with Crippen LogP contribution in [0.3, 0.4) is 0 Å². The van der Waals surface area contributed by atoms with E-state index < -0.39 is 0 Å². The minimum Gasteiger partial charge on any atom is -0.329 e. The number of pyridine rings is 1. The van der Waals surface area contributed by atoms with Gasteiger partial charge in [-0.05, 0) is 56.9 Å². The maximum atomic E-state index is 13.0. The van der Waals surface area contributed by atoms with E-state index in [1.165, 1.54) is 0 Å². The topological polar surface area (TPSA) is 71.0 Å². The second-order valence-electron chi connectivity index (χ2n) is 7.83. The first kappa shape index (κ1) is 20.7. The van der Waals surface area contributed by atoms with E-state index in [9.17, 15) is 4.79 Å². The van der Waals surface area contributed by atoms with Crippen LogP contribution in [0.2, 0.25) is 0 Å². The van der Waals surface area contributed by atoms with Gasteiger partial charge >= 0.3 is 0 Å². The van der Waals surface area contributed by atoms with E-state index in [4.69, 9.17) is 4.98 Å². The van der Waals surface area contributed by atoms with Gasteiger partial charge in [0.1, 0.15) is 11.6 Å². The molecule has 1 aromatic carbocycles. The minimum absolute atomic E-state index is 0.00600. The number of benzene rings is 1. The summed E-state index contributed by atoms with van der Waals surface area (Å²) in [5.74, 6) is 2.11. The second-order valence-corrected chi connectivity index (χ2v) is 7.83. The zero-order chi connectivity index (χ0) is 21.6. The highest BCUT2D eigenvalue weighted by molar-refractivity contribution is 5.92. The largest absolute Gasteiger partial charge is 0.329 e. The molecule has 0 spiro atoms. The number of rotatable bonds is 5. The predicted octanol–water partition coefficient (Wildman–Crippen LogP) is 5.00. The molecule has 3 aromatic rings. The van der Waals surface area contributed by atoms with E-state index in [0.29, 0.717) is 18.2 Å². The number of carbonyl (C=O) groups is 1. The molecule has 0 aliphatic carbocycles. The molecule has 1 aliphatic rings. The third-order valence-electron chi connectivity index (χ3n) is 5.32. The van der Waals surface area contributed by atoms with Crippen molar-refractivity contribution < 1.29 is 4.79 Å². The molecule has 158 valence electrons. The van der Waals surface area contributed by atoms with Crippen LogP contribution in [0, 0.1) is 13.8 Å².